The maximum Gasteiger partial charge on any atom is 0.408 e. The summed E-state index contributed by atoms with van der Waals surface area (Å²) in [6, 6.07) is 5.04. The second-order valence-corrected chi connectivity index (χ2v) is 9.92. The number of amides is 1. The van der Waals surface area contributed by atoms with Crippen molar-refractivity contribution in [3.05, 3.63) is 28.2 Å². The Hall–Kier alpha value is -1.50. The fraction of sp³-hybridized carbons (Fsp3) is 0.619. The number of nitrogens with zero attached hydrogens (tertiary/aromatic N) is 2. The summed E-state index contributed by atoms with van der Waals surface area (Å²) in [6.07, 6.45) is 0.211. The van der Waals surface area contributed by atoms with Gasteiger partial charge < -0.3 is 19.7 Å². The first kappa shape index (κ1) is 23.8. The van der Waals surface area contributed by atoms with Gasteiger partial charge in [-0.1, -0.05) is 37.0 Å². The minimum atomic E-state index is -0.634. The van der Waals surface area contributed by atoms with Crippen molar-refractivity contribution in [3.8, 4) is 0 Å². The van der Waals surface area contributed by atoms with Crippen LogP contribution in [0.5, 0.6) is 0 Å². The minimum Gasteiger partial charge on any atom is -0.444 e. The van der Waals surface area contributed by atoms with E-state index in [4.69, 9.17) is 27.9 Å². The van der Waals surface area contributed by atoms with Crippen LogP contribution in [0.4, 0.5) is 10.5 Å². The summed E-state index contributed by atoms with van der Waals surface area (Å²) < 4.78 is 5.29. The molecule has 1 unspecified atom stereocenters. The van der Waals surface area contributed by atoms with Gasteiger partial charge in [0.1, 0.15) is 11.9 Å². The van der Waals surface area contributed by atoms with Gasteiger partial charge in [0.2, 0.25) is 0 Å². The van der Waals surface area contributed by atoms with Crippen LogP contribution in [0, 0.1) is 5.41 Å². The van der Waals surface area contributed by atoms with Crippen LogP contribution in [0.1, 0.15) is 34.6 Å². The molecule has 1 N–H and O–H groups in total. The molecule has 1 aromatic rings. The van der Waals surface area contributed by atoms with E-state index in [1.54, 1.807) is 20.8 Å². The highest BCUT2D eigenvalue weighted by Gasteiger charge is 2.34. The van der Waals surface area contributed by atoms with Crippen molar-refractivity contribution >= 4 is 41.3 Å². The number of nitrogens with one attached hydrogen (secondary N) is 1. The van der Waals surface area contributed by atoms with E-state index in [0.717, 1.165) is 38.2 Å². The number of anilines is 1. The lowest BCUT2D eigenvalue weighted by Gasteiger charge is -2.41. The van der Waals surface area contributed by atoms with E-state index in [2.05, 4.69) is 15.1 Å². The molecule has 0 spiro atoms. The third-order valence-electron chi connectivity index (χ3n) is 4.92. The average Bonchev–Trinajstić information content (AvgIpc) is 2.60. The Labute approximate surface area is 183 Å². The Morgan fingerprint density at radius 2 is 1.76 bits per heavy atom. The Morgan fingerprint density at radius 1 is 1.14 bits per heavy atom. The van der Waals surface area contributed by atoms with E-state index in [0.29, 0.717) is 16.6 Å². The third-order valence-corrected chi connectivity index (χ3v) is 5.66. The fourth-order valence-corrected chi connectivity index (χ4v) is 3.66. The van der Waals surface area contributed by atoms with Crippen LogP contribution in [0.3, 0.4) is 0 Å². The van der Waals surface area contributed by atoms with Gasteiger partial charge in [0, 0.05) is 43.8 Å². The molecule has 1 aromatic carbocycles. The van der Waals surface area contributed by atoms with Crippen molar-refractivity contribution < 1.29 is 14.3 Å². The number of halogens is 2. The average molecular weight is 444 g/mol. The van der Waals surface area contributed by atoms with Crippen LogP contribution in [0.2, 0.25) is 10.0 Å². The lowest BCUT2D eigenvalue weighted by Crippen LogP contribution is -2.55. The first-order valence-corrected chi connectivity index (χ1v) is 10.5. The molecule has 1 heterocycles. The Bertz CT molecular complexity index is 726. The molecule has 1 aliphatic heterocycles. The van der Waals surface area contributed by atoms with E-state index in [1.807, 2.05) is 32.0 Å². The van der Waals surface area contributed by atoms with Gasteiger partial charge in [-0.15, -0.1) is 0 Å². The molecule has 8 heteroatoms. The highest BCUT2D eigenvalue weighted by atomic mass is 35.5. The van der Waals surface area contributed by atoms with Crippen LogP contribution >= 0.6 is 23.2 Å². The van der Waals surface area contributed by atoms with Gasteiger partial charge in [-0.25, -0.2) is 4.79 Å². The van der Waals surface area contributed by atoms with Gasteiger partial charge in [0.25, 0.3) is 0 Å². The predicted octanol–water partition coefficient (Wildman–Crippen LogP) is 4.23. The van der Waals surface area contributed by atoms with Gasteiger partial charge in [0.05, 0.1) is 16.1 Å². The number of alkyl carbamates (subject to hydrolysis) is 1. The summed E-state index contributed by atoms with van der Waals surface area (Å²) >= 11 is 12.1. The van der Waals surface area contributed by atoms with E-state index in [9.17, 15) is 9.59 Å². The number of hydrogen-bond acceptors (Lipinski definition) is 5. The zero-order chi connectivity index (χ0) is 21.8. The zero-order valence-corrected chi connectivity index (χ0v) is 19.3. The van der Waals surface area contributed by atoms with Gasteiger partial charge >= 0.3 is 6.09 Å². The number of aldehydes is 1. The quantitative estimate of drug-likeness (QED) is 0.666. The van der Waals surface area contributed by atoms with Crippen LogP contribution in [0.15, 0.2) is 18.2 Å². The molecule has 1 atom stereocenters. The van der Waals surface area contributed by atoms with Crippen LogP contribution in [-0.4, -0.2) is 61.6 Å². The van der Waals surface area contributed by atoms with Gasteiger partial charge in [0.15, 0.2) is 0 Å². The third kappa shape index (κ3) is 7.05. The minimum absolute atomic E-state index is 0.440. The van der Waals surface area contributed by atoms with Crippen molar-refractivity contribution in [1.82, 2.24) is 10.2 Å². The summed E-state index contributed by atoms with van der Waals surface area (Å²) in [6.45, 7) is 13.4. The van der Waals surface area contributed by atoms with Gasteiger partial charge in [-0.05, 0) is 39.0 Å². The summed E-state index contributed by atoms with van der Waals surface area (Å²) in [4.78, 5) is 28.3. The van der Waals surface area contributed by atoms with Gasteiger partial charge in [-0.2, -0.15) is 0 Å². The molecule has 162 valence electrons. The topological polar surface area (TPSA) is 61.9 Å². The van der Waals surface area contributed by atoms with E-state index in [-0.39, 0.29) is 0 Å². The number of benzene rings is 1. The molecular formula is C21H31Cl2N3O3. The number of ether oxygens (including phenoxy) is 1. The monoisotopic (exact) mass is 443 g/mol. The molecule has 0 saturated carbocycles. The predicted molar refractivity (Wildman–Crippen MR) is 118 cm³/mol. The van der Waals surface area contributed by atoms with Crippen LogP contribution < -0.4 is 10.2 Å². The first-order valence-electron chi connectivity index (χ1n) is 9.78. The van der Waals surface area contributed by atoms with Crippen LogP contribution in [0.25, 0.3) is 0 Å². The standard InChI is InChI=1S/C21H31Cl2N3O3/c1-20(2,3)29-19(28)24-18(13-27)21(4,5)14-25-8-10-26(11-9-25)15-6-7-16(22)17(23)12-15/h6-7,12-13,18H,8-11,14H2,1-5H3,(H,24,28). The molecule has 1 amide bonds. The smallest absolute Gasteiger partial charge is 0.408 e. The molecule has 1 fully saturated rings. The lowest BCUT2D eigenvalue weighted by molar-refractivity contribution is -0.112. The highest BCUT2D eigenvalue weighted by molar-refractivity contribution is 6.42. The molecule has 0 aromatic heterocycles. The van der Waals surface area contributed by atoms with Crippen molar-refractivity contribution in [2.45, 2.75) is 46.3 Å². The van der Waals surface area contributed by atoms with E-state index in [1.165, 1.54) is 0 Å². The molecule has 1 saturated heterocycles. The second-order valence-electron chi connectivity index (χ2n) is 9.11. The Kier molecular flexibility index (Phi) is 7.82. The SMILES string of the molecule is CC(C)(C)OC(=O)NC(C=O)C(C)(C)CN1CCN(c2ccc(Cl)c(Cl)c2)CC1. The number of carbonyl (C=O) groups excluding carboxylic acids is 2. The number of carbonyl (C=O) groups is 2. The number of piperazine rings is 1. The largest absolute Gasteiger partial charge is 0.444 e. The molecule has 29 heavy (non-hydrogen) atoms. The highest BCUT2D eigenvalue weighted by Crippen LogP contribution is 2.28. The molecule has 1 aliphatic rings. The fourth-order valence-electron chi connectivity index (χ4n) is 3.37. The van der Waals surface area contributed by atoms with E-state index >= 15 is 0 Å². The molecule has 0 radical (unpaired) electrons. The van der Waals surface area contributed by atoms with Crippen molar-refractivity contribution in [3.63, 3.8) is 0 Å². The maximum atomic E-state index is 12.1. The molecular weight excluding hydrogens is 413 g/mol. The Morgan fingerprint density at radius 3 is 2.28 bits per heavy atom. The zero-order valence-electron chi connectivity index (χ0n) is 17.8. The second kappa shape index (κ2) is 9.54. The van der Waals surface area contributed by atoms with Crippen molar-refractivity contribution in [2.75, 3.05) is 37.6 Å². The molecule has 0 aliphatic carbocycles. The van der Waals surface area contributed by atoms with Crippen molar-refractivity contribution in [2.24, 2.45) is 5.41 Å². The number of hydrogen-bond donors (Lipinski definition) is 1. The van der Waals surface area contributed by atoms with Crippen molar-refractivity contribution in [1.29, 1.82) is 0 Å². The van der Waals surface area contributed by atoms with Crippen LogP contribution in [-0.2, 0) is 9.53 Å². The summed E-state index contributed by atoms with van der Waals surface area (Å²) in [5.74, 6) is 0. The van der Waals surface area contributed by atoms with Gasteiger partial charge in [-0.3, -0.25) is 4.90 Å². The number of rotatable bonds is 6. The normalized spacial score (nSPS) is 17.0. The summed E-state index contributed by atoms with van der Waals surface area (Å²) in [7, 11) is 0. The lowest BCUT2D eigenvalue weighted by atomic mass is 9.84. The Balaban J connectivity index is 1.92. The molecule has 0 bridgehead atoms. The first-order chi connectivity index (χ1) is 13.4. The summed E-state index contributed by atoms with van der Waals surface area (Å²) in [5, 5.41) is 3.81. The maximum absolute atomic E-state index is 12.1. The van der Waals surface area contributed by atoms with E-state index < -0.39 is 23.2 Å². The molecule has 2 rings (SSSR count). The molecule has 6 nitrogen and oxygen atoms in total. The summed E-state index contributed by atoms with van der Waals surface area (Å²) in [5.41, 5.74) is 0.00289.